The van der Waals surface area contributed by atoms with Gasteiger partial charge in [0.15, 0.2) is 21.5 Å². The summed E-state index contributed by atoms with van der Waals surface area (Å²) in [7, 11) is -3.86. The molecule has 272 valence electrons. The summed E-state index contributed by atoms with van der Waals surface area (Å²) in [5.74, 6) is 0.590. The lowest BCUT2D eigenvalue weighted by atomic mass is 9.83. The van der Waals surface area contributed by atoms with Gasteiger partial charge in [0.2, 0.25) is 5.90 Å². The third-order valence-electron chi connectivity index (χ3n) is 8.28. The molecule has 0 bridgehead atoms. The number of rotatable bonds is 19. The highest BCUT2D eigenvalue weighted by Gasteiger charge is 2.54. The van der Waals surface area contributed by atoms with E-state index in [9.17, 15) is 17.6 Å². The molecular weight excluding hydrogens is 708 g/mol. The third kappa shape index (κ3) is 9.90. The van der Waals surface area contributed by atoms with Crippen LogP contribution in [0.4, 0.5) is 4.39 Å². The van der Waals surface area contributed by atoms with Crippen molar-refractivity contribution in [3.8, 4) is 5.75 Å². The van der Waals surface area contributed by atoms with Crippen molar-refractivity contribution in [2.24, 2.45) is 10.1 Å². The Morgan fingerprint density at radius 3 is 2.50 bits per heavy atom. The summed E-state index contributed by atoms with van der Waals surface area (Å²) in [6, 6.07) is 28.2. The molecule has 0 fully saturated rings. The first-order chi connectivity index (χ1) is 25.3. The van der Waals surface area contributed by atoms with Crippen molar-refractivity contribution >= 4 is 33.4 Å². The van der Waals surface area contributed by atoms with Crippen LogP contribution < -0.4 is 15.6 Å². The number of nitrogens with one attached hydrogen (secondary N) is 2. The van der Waals surface area contributed by atoms with E-state index in [-0.39, 0.29) is 36.2 Å². The molecule has 15 heteroatoms. The zero-order valence-corrected chi connectivity index (χ0v) is 29.9. The largest absolute Gasteiger partial charge is 0.494 e. The lowest BCUT2D eigenvalue weighted by Crippen LogP contribution is -2.53. The highest BCUT2D eigenvalue weighted by Crippen LogP contribution is 2.44. The summed E-state index contributed by atoms with van der Waals surface area (Å²) in [4.78, 5) is 22.4. The van der Waals surface area contributed by atoms with E-state index in [1.807, 2.05) is 0 Å². The summed E-state index contributed by atoms with van der Waals surface area (Å²) >= 11 is 1.59. The van der Waals surface area contributed by atoms with E-state index in [0.717, 1.165) is 5.56 Å². The number of hydrogen-bond donors (Lipinski definition) is 3. The van der Waals surface area contributed by atoms with Crippen molar-refractivity contribution in [3.63, 3.8) is 0 Å². The van der Waals surface area contributed by atoms with Gasteiger partial charge in [0, 0.05) is 48.0 Å². The van der Waals surface area contributed by atoms with Gasteiger partial charge in [-0.25, -0.2) is 23.2 Å². The monoisotopic (exact) mass is 746 g/mol. The molecule has 0 saturated heterocycles. The molecule has 0 unspecified atom stereocenters. The number of sulfone groups is 1. The Bertz CT molecular complexity index is 1980. The molecule has 1 heterocycles. The Morgan fingerprint density at radius 1 is 1.04 bits per heavy atom. The van der Waals surface area contributed by atoms with E-state index in [0.29, 0.717) is 53.5 Å². The molecule has 0 aromatic heterocycles. The molecule has 3 N–H and O–H groups in total. The highest BCUT2D eigenvalue weighted by atomic mass is 32.2. The summed E-state index contributed by atoms with van der Waals surface area (Å²) < 4.78 is 52.7. The molecular formula is C37H39FN6O6S2. The molecule has 0 saturated carbocycles. The fraction of sp³-hybridized carbons (Fsp3) is 0.297. The first-order valence-electron chi connectivity index (χ1n) is 16.6. The topological polar surface area (TPSA) is 175 Å². The van der Waals surface area contributed by atoms with Crippen LogP contribution in [0.1, 0.15) is 41.2 Å². The number of hydrogen-bond acceptors (Lipinski definition) is 10. The second-order valence-electron chi connectivity index (χ2n) is 11.8. The minimum absolute atomic E-state index is 0.000893. The van der Waals surface area contributed by atoms with Gasteiger partial charge in [-0.1, -0.05) is 59.7 Å². The molecule has 1 aliphatic heterocycles. The molecule has 1 aliphatic rings. The number of halogens is 1. The normalized spacial score (nSPS) is 16.7. The van der Waals surface area contributed by atoms with Crippen LogP contribution in [-0.2, 0) is 31.7 Å². The summed E-state index contributed by atoms with van der Waals surface area (Å²) in [5, 5.41) is 12.8. The number of thioether (sulfide) groups is 1. The number of benzene rings is 4. The van der Waals surface area contributed by atoms with Crippen LogP contribution in [0.25, 0.3) is 10.4 Å². The van der Waals surface area contributed by atoms with Gasteiger partial charge in [0.05, 0.1) is 23.8 Å². The van der Waals surface area contributed by atoms with Crippen LogP contribution >= 0.6 is 11.8 Å². The predicted octanol–water partition coefficient (Wildman–Crippen LogP) is 6.07. The van der Waals surface area contributed by atoms with Crippen LogP contribution in [0.2, 0.25) is 0 Å². The van der Waals surface area contributed by atoms with Crippen LogP contribution in [0.3, 0.4) is 0 Å². The molecule has 4 aromatic rings. The summed E-state index contributed by atoms with van der Waals surface area (Å²) in [6.07, 6.45) is -0.878. The van der Waals surface area contributed by atoms with Gasteiger partial charge in [0.25, 0.3) is 5.91 Å². The van der Waals surface area contributed by atoms with Crippen molar-refractivity contribution in [1.29, 1.82) is 0 Å². The lowest BCUT2D eigenvalue weighted by Gasteiger charge is -2.31. The molecule has 0 aliphatic carbocycles. The first-order valence-corrected chi connectivity index (χ1v) is 19.4. The van der Waals surface area contributed by atoms with Gasteiger partial charge in [0.1, 0.15) is 11.6 Å². The molecule has 0 spiro atoms. The number of carbonyl (C=O) groups is 1. The molecule has 4 aromatic carbocycles. The van der Waals surface area contributed by atoms with E-state index in [1.54, 1.807) is 90.6 Å². The predicted molar refractivity (Wildman–Crippen MR) is 198 cm³/mol. The van der Waals surface area contributed by atoms with Gasteiger partial charge in [-0.15, -0.1) is 0 Å². The molecule has 1 amide bonds. The fourth-order valence-corrected chi connectivity index (χ4v) is 7.78. The summed E-state index contributed by atoms with van der Waals surface area (Å²) in [5.41, 5.74) is 15.6. The Morgan fingerprint density at radius 2 is 1.77 bits per heavy atom. The zero-order valence-electron chi connectivity index (χ0n) is 28.2. The van der Waals surface area contributed by atoms with E-state index in [2.05, 4.69) is 20.9 Å². The average Bonchev–Trinajstić information content (AvgIpc) is 3.57. The smallest absolute Gasteiger partial charge is 0.266 e. The minimum Gasteiger partial charge on any atom is -0.494 e. The van der Waals surface area contributed by atoms with E-state index in [1.165, 1.54) is 24.3 Å². The van der Waals surface area contributed by atoms with Crippen molar-refractivity contribution in [2.75, 3.05) is 31.3 Å². The number of aliphatic hydroxyl groups is 1. The summed E-state index contributed by atoms with van der Waals surface area (Å²) in [6.45, 7) is 0.655. The number of nitrogens with zero attached hydrogens (tertiary/aromatic N) is 4. The van der Waals surface area contributed by atoms with Crippen molar-refractivity contribution in [1.82, 2.24) is 10.9 Å². The third-order valence-corrected chi connectivity index (χ3v) is 11.0. The van der Waals surface area contributed by atoms with Gasteiger partial charge in [-0.05, 0) is 70.8 Å². The Kier molecular flexibility index (Phi) is 13.7. The van der Waals surface area contributed by atoms with Crippen molar-refractivity contribution in [3.05, 3.63) is 142 Å². The number of aliphatic hydroxyl groups excluding tert-OH is 1. The van der Waals surface area contributed by atoms with Crippen molar-refractivity contribution in [2.45, 2.75) is 41.7 Å². The second-order valence-corrected chi connectivity index (χ2v) is 15.0. The van der Waals surface area contributed by atoms with Gasteiger partial charge in [-0.3, -0.25) is 10.2 Å². The second kappa shape index (κ2) is 18.5. The first kappa shape index (κ1) is 38.3. The Labute approximate surface area is 306 Å². The zero-order chi connectivity index (χ0) is 36.8. The Balaban J connectivity index is 1.46. The number of ether oxygens (including phenoxy) is 2. The maximum absolute atomic E-state index is 14.5. The minimum atomic E-state index is -3.86. The average molecular weight is 747 g/mol. The molecule has 2 atom stereocenters. The van der Waals surface area contributed by atoms with Gasteiger partial charge in [-0.2, -0.15) is 11.8 Å². The van der Waals surface area contributed by atoms with Crippen LogP contribution in [0, 0.1) is 5.82 Å². The van der Waals surface area contributed by atoms with E-state index >= 15 is 0 Å². The molecule has 52 heavy (non-hydrogen) atoms. The number of carbonyl (C=O) groups excluding carboxylic acids is 1. The van der Waals surface area contributed by atoms with Crippen molar-refractivity contribution < 1.29 is 32.2 Å². The Hall–Kier alpha value is -4.92. The number of aliphatic imine (C=N–C) groups is 1. The number of azide groups is 1. The van der Waals surface area contributed by atoms with Crippen LogP contribution in [0.15, 0.2) is 118 Å². The molecule has 0 radical (unpaired) electrons. The van der Waals surface area contributed by atoms with Crippen LogP contribution in [0.5, 0.6) is 5.75 Å². The standard InChI is InChI=1S/C37H39FN6O6S2/c38-30-15-11-27(12-16-30)26-51-23-20-40-43-36(46)37(19-24-52(47,48)32-8-2-1-3-9-32)34(33-10-5-4-7-29(33)25-41-44-39)50-35(42-37)28-13-17-31(18-14-28)49-22-6-21-45/h1-5,7-18,34,40,45H,6,19-26H2,(H,43,46)/t34-,37-/m0/s1. The SMILES string of the molecule is [N-]=[N+]=NCc1ccccc1[C@@H]1OC(c2ccc(OCCCO)cc2)=N[C@]1(CCS(=O)(=O)c1ccccc1)C(=O)NNCCSCc1ccc(F)cc1. The maximum atomic E-state index is 14.5. The van der Waals surface area contributed by atoms with E-state index in [4.69, 9.17) is 25.1 Å². The van der Waals surface area contributed by atoms with Gasteiger partial charge >= 0.3 is 0 Å². The van der Waals surface area contributed by atoms with E-state index < -0.39 is 33.1 Å². The molecule has 12 nitrogen and oxygen atoms in total. The quantitative estimate of drug-likeness (QED) is 0.0341. The van der Waals surface area contributed by atoms with Crippen LogP contribution in [-0.4, -0.2) is 62.1 Å². The fourth-order valence-electron chi connectivity index (χ4n) is 5.57. The highest BCUT2D eigenvalue weighted by molar-refractivity contribution is 7.98. The maximum Gasteiger partial charge on any atom is 0.266 e. The molecule has 5 rings (SSSR count). The lowest BCUT2D eigenvalue weighted by molar-refractivity contribution is -0.130. The van der Waals surface area contributed by atoms with Gasteiger partial charge < -0.3 is 14.6 Å². The number of hydrazine groups is 1. The number of amides is 1.